The van der Waals surface area contributed by atoms with Crippen LogP contribution in [0.1, 0.15) is 31.4 Å². The first-order valence-electron chi connectivity index (χ1n) is 5.29. The molecular weight excluding hydrogens is 254 g/mol. The largest absolute Gasteiger partial charge is 0.390 e. The summed E-state index contributed by atoms with van der Waals surface area (Å²) in [6, 6.07) is 8.44. The molecule has 0 aromatic heterocycles. The minimum Gasteiger partial charge on any atom is -0.390 e. The Morgan fingerprint density at radius 3 is 2.87 bits per heavy atom. The van der Waals surface area contributed by atoms with Crippen LogP contribution < -0.4 is 5.32 Å². The van der Waals surface area contributed by atoms with Gasteiger partial charge in [0.15, 0.2) is 0 Å². The van der Waals surface area contributed by atoms with E-state index in [0.29, 0.717) is 0 Å². The van der Waals surface area contributed by atoms with Gasteiger partial charge in [-0.3, -0.25) is 0 Å². The van der Waals surface area contributed by atoms with Crippen LogP contribution in [0.15, 0.2) is 28.7 Å². The lowest BCUT2D eigenvalue weighted by Gasteiger charge is -2.35. The van der Waals surface area contributed by atoms with Crippen LogP contribution in [0, 0.1) is 0 Å². The molecule has 1 aromatic rings. The third-order valence-corrected chi connectivity index (χ3v) is 3.70. The summed E-state index contributed by atoms with van der Waals surface area (Å²) < 4.78 is 1.11. The van der Waals surface area contributed by atoms with Crippen LogP contribution in [-0.4, -0.2) is 17.3 Å². The smallest absolute Gasteiger partial charge is 0.0650 e. The molecule has 1 heterocycles. The van der Waals surface area contributed by atoms with E-state index in [9.17, 15) is 5.11 Å². The summed E-state index contributed by atoms with van der Waals surface area (Å²) in [5.41, 5.74) is 0.697. The summed E-state index contributed by atoms with van der Waals surface area (Å²) >= 11 is 3.55. The molecule has 2 N–H and O–H groups in total. The van der Waals surface area contributed by atoms with Gasteiger partial charge in [0, 0.05) is 10.5 Å². The topological polar surface area (TPSA) is 32.3 Å². The van der Waals surface area contributed by atoms with Crippen LogP contribution in [0.5, 0.6) is 0 Å². The quantitative estimate of drug-likeness (QED) is 0.822. The van der Waals surface area contributed by atoms with E-state index in [1.807, 2.05) is 25.1 Å². The summed E-state index contributed by atoms with van der Waals surface area (Å²) in [6.07, 6.45) is 1.60. The number of rotatable bonds is 1. The fourth-order valence-electron chi connectivity index (χ4n) is 2.11. The fourth-order valence-corrected chi connectivity index (χ4v) is 2.67. The number of halogens is 1. The number of hydrogen-bond acceptors (Lipinski definition) is 2. The molecule has 15 heavy (non-hydrogen) atoms. The summed E-state index contributed by atoms with van der Waals surface area (Å²) in [7, 11) is 0. The Morgan fingerprint density at radius 1 is 1.47 bits per heavy atom. The molecule has 2 atom stereocenters. The number of nitrogens with one attached hydrogen (secondary N) is 1. The first-order valence-corrected chi connectivity index (χ1v) is 6.08. The third-order valence-electron chi connectivity index (χ3n) is 2.98. The van der Waals surface area contributed by atoms with Gasteiger partial charge in [0.05, 0.1) is 5.60 Å². The highest BCUT2D eigenvalue weighted by atomic mass is 79.9. The average Bonchev–Trinajstić information content (AvgIpc) is 2.17. The van der Waals surface area contributed by atoms with Crippen molar-refractivity contribution < 1.29 is 5.11 Å². The molecule has 3 heteroatoms. The monoisotopic (exact) mass is 269 g/mol. The molecule has 1 aliphatic rings. The average molecular weight is 270 g/mol. The van der Waals surface area contributed by atoms with Gasteiger partial charge < -0.3 is 10.4 Å². The summed E-state index contributed by atoms with van der Waals surface area (Å²) in [6.45, 7) is 2.79. The van der Waals surface area contributed by atoms with E-state index in [1.165, 1.54) is 5.56 Å². The molecule has 0 spiro atoms. The van der Waals surface area contributed by atoms with E-state index < -0.39 is 5.60 Å². The Labute approximate surface area is 98.8 Å². The number of benzene rings is 1. The molecule has 1 saturated heterocycles. The van der Waals surface area contributed by atoms with E-state index in [-0.39, 0.29) is 6.04 Å². The van der Waals surface area contributed by atoms with Crippen LogP contribution in [0.25, 0.3) is 0 Å². The number of hydrogen-bond donors (Lipinski definition) is 2. The third kappa shape index (κ3) is 2.60. The van der Waals surface area contributed by atoms with E-state index in [1.54, 1.807) is 0 Å². The first-order chi connectivity index (χ1) is 7.08. The van der Waals surface area contributed by atoms with E-state index >= 15 is 0 Å². The maximum Gasteiger partial charge on any atom is 0.0650 e. The zero-order valence-electron chi connectivity index (χ0n) is 8.83. The molecule has 2 nitrogen and oxygen atoms in total. The van der Waals surface area contributed by atoms with Crippen molar-refractivity contribution in [3.8, 4) is 0 Å². The van der Waals surface area contributed by atoms with Gasteiger partial charge in [-0.1, -0.05) is 34.1 Å². The molecule has 0 saturated carbocycles. The molecular formula is C12H16BrNO. The van der Waals surface area contributed by atoms with Crippen molar-refractivity contribution in [1.29, 1.82) is 0 Å². The molecule has 0 radical (unpaired) electrons. The van der Waals surface area contributed by atoms with Gasteiger partial charge in [0.2, 0.25) is 0 Å². The molecule has 0 bridgehead atoms. The van der Waals surface area contributed by atoms with Crippen molar-refractivity contribution in [2.24, 2.45) is 0 Å². The highest BCUT2D eigenvalue weighted by Crippen LogP contribution is 2.33. The van der Waals surface area contributed by atoms with Gasteiger partial charge in [-0.25, -0.2) is 0 Å². The Kier molecular flexibility index (Phi) is 3.14. The molecule has 82 valence electrons. The minimum absolute atomic E-state index is 0.254. The Hall–Kier alpha value is -0.380. The summed E-state index contributed by atoms with van der Waals surface area (Å²) in [5.74, 6) is 0. The van der Waals surface area contributed by atoms with Gasteiger partial charge in [0.25, 0.3) is 0 Å². The van der Waals surface area contributed by atoms with E-state index in [2.05, 4.69) is 27.3 Å². The Balaban J connectivity index is 2.21. The van der Waals surface area contributed by atoms with Gasteiger partial charge >= 0.3 is 0 Å². The van der Waals surface area contributed by atoms with E-state index in [0.717, 1.165) is 23.9 Å². The van der Waals surface area contributed by atoms with Crippen LogP contribution in [-0.2, 0) is 0 Å². The van der Waals surface area contributed by atoms with Gasteiger partial charge in [-0.2, -0.15) is 0 Å². The van der Waals surface area contributed by atoms with Crippen molar-refractivity contribution in [3.05, 3.63) is 34.3 Å². The van der Waals surface area contributed by atoms with Crippen molar-refractivity contribution in [2.75, 3.05) is 6.54 Å². The van der Waals surface area contributed by atoms with Crippen molar-refractivity contribution in [3.63, 3.8) is 0 Å². The van der Waals surface area contributed by atoms with Crippen molar-refractivity contribution >= 4 is 15.9 Å². The highest BCUT2D eigenvalue weighted by molar-refractivity contribution is 9.10. The standard InChI is InChI=1S/C12H16BrNO/c1-12(15)6-7-14-11(8-12)9-4-2-3-5-10(9)13/h2-5,11,14-15H,6-8H2,1H3. The van der Waals surface area contributed by atoms with Crippen molar-refractivity contribution in [2.45, 2.75) is 31.4 Å². The van der Waals surface area contributed by atoms with Crippen LogP contribution in [0.4, 0.5) is 0 Å². The van der Waals surface area contributed by atoms with Crippen LogP contribution in [0.2, 0.25) is 0 Å². The lowest BCUT2D eigenvalue weighted by Crippen LogP contribution is -2.41. The molecule has 0 amide bonds. The number of aliphatic hydroxyl groups is 1. The minimum atomic E-state index is -0.537. The second-order valence-electron chi connectivity index (χ2n) is 4.48. The highest BCUT2D eigenvalue weighted by Gasteiger charge is 2.30. The molecule has 2 rings (SSSR count). The van der Waals surface area contributed by atoms with Gasteiger partial charge in [0.1, 0.15) is 0 Å². The second kappa shape index (κ2) is 4.24. The Morgan fingerprint density at radius 2 is 2.20 bits per heavy atom. The molecule has 1 fully saturated rings. The zero-order chi connectivity index (χ0) is 10.9. The predicted octanol–water partition coefficient (Wildman–Crippen LogP) is 2.62. The maximum absolute atomic E-state index is 10.0. The van der Waals surface area contributed by atoms with E-state index in [4.69, 9.17) is 0 Å². The zero-order valence-corrected chi connectivity index (χ0v) is 10.4. The van der Waals surface area contributed by atoms with Crippen LogP contribution in [0.3, 0.4) is 0 Å². The normalized spacial score (nSPS) is 31.5. The fraction of sp³-hybridized carbons (Fsp3) is 0.500. The Bertz CT molecular complexity index is 351. The lowest BCUT2D eigenvalue weighted by atomic mass is 9.86. The van der Waals surface area contributed by atoms with Crippen molar-refractivity contribution in [1.82, 2.24) is 5.32 Å². The van der Waals surface area contributed by atoms with Crippen LogP contribution >= 0.6 is 15.9 Å². The molecule has 1 aliphatic heterocycles. The summed E-state index contributed by atoms with van der Waals surface area (Å²) in [4.78, 5) is 0. The maximum atomic E-state index is 10.0. The van der Waals surface area contributed by atoms with Gasteiger partial charge in [-0.05, 0) is 37.9 Å². The summed E-state index contributed by atoms with van der Waals surface area (Å²) in [5, 5.41) is 13.5. The molecule has 2 unspecified atom stereocenters. The first kappa shape index (κ1) is 11.1. The molecule has 0 aliphatic carbocycles. The molecule has 1 aromatic carbocycles. The SMILES string of the molecule is CC1(O)CCNC(c2ccccc2Br)C1. The van der Waals surface area contributed by atoms with Gasteiger partial charge in [-0.15, -0.1) is 0 Å². The lowest BCUT2D eigenvalue weighted by molar-refractivity contribution is 0.0131. The predicted molar refractivity (Wildman–Crippen MR) is 64.7 cm³/mol. The number of piperidine rings is 1. The second-order valence-corrected chi connectivity index (χ2v) is 5.33.